The van der Waals surface area contributed by atoms with Gasteiger partial charge in [-0.3, -0.25) is 9.48 Å². The molecule has 0 fully saturated rings. The number of hydrogen-bond donors (Lipinski definition) is 1. The maximum Gasteiger partial charge on any atom is 0.226 e. The van der Waals surface area contributed by atoms with Crippen LogP contribution < -0.4 is 10.1 Å². The molecule has 1 amide bonds. The van der Waals surface area contributed by atoms with E-state index in [9.17, 15) is 4.79 Å². The van der Waals surface area contributed by atoms with E-state index in [0.29, 0.717) is 18.0 Å². The van der Waals surface area contributed by atoms with Crippen molar-refractivity contribution >= 4 is 34.1 Å². The van der Waals surface area contributed by atoms with Gasteiger partial charge in [-0.15, -0.1) is 0 Å². The number of aromatic nitrogens is 2. The van der Waals surface area contributed by atoms with E-state index in [1.807, 2.05) is 18.2 Å². The summed E-state index contributed by atoms with van der Waals surface area (Å²) in [4.78, 5) is 12.1. The highest BCUT2D eigenvalue weighted by Gasteiger charge is 2.08. The molecule has 0 bridgehead atoms. The van der Waals surface area contributed by atoms with Crippen LogP contribution in [0.5, 0.6) is 5.75 Å². The van der Waals surface area contributed by atoms with Gasteiger partial charge in [-0.25, -0.2) is 0 Å². The molecule has 1 heterocycles. The summed E-state index contributed by atoms with van der Waals surface area (Å²) in [6.45, 7) is 0.492. The number of aryl methyl sites for hydroxylation is 1. The minimum Gasteiger partial charge on any atom is -0.497 e. The summed E-state index contributed by atoms with van der Waals surface area (Å²) in [5.41, 5.74) is 1.67. The summed E-state index contributed by atoms with van der Waals surface area (Å²) < 4.78 is 6.87. The van der Waals surface area contributed by atoms with Gasteiger partial charge in [0.2, 0.25) is 5.91 Å². The standard InChI is InChI=1S/C17H16ClN3O2/c1-23-13-7-5-12(6-8-13)20-17(22)9-10-21-16-4-2-3-15(18)14(16)11-19-21/h2-8,11H,9-10H2,1H3,(H,20,22). The summed E-state index contributed by atoms with van der Waals surface area (Å²) in [6.07, 6.45) is 2.05. The van der Waals surface area contributed by atoms with Crippen LogP contribution in [0.25, 0.3) is 10.9 Å². The zero-order chi connectivity index (χ0) is 16.2. The fourth-order valence-corrected chi connectivity index (χ4v) is 2.57. The molecule has 0 atom stereocenters. The number of methoxy groups -OCH3 is 1. The third-order valence-electron chi connectivity index (χ3n) is 3.56. The molecule has 118 valence electrons. The first-order chi connectivity index (χ1) is 11.2. The second kappa shape index (κ2) is 6.71. The number of anilines is 1. The highest BCUT2D eigenvalue weighted by molar-refractivity contribution is 6.35. The van der Waals surface area contributed by atoms with Gasteiger partial charge >= 0.3 is 0 Å². The van der Waals surface area contributed by atoms with Crippen molar-refractivity contribution in [1.82, 2.24) is 9.78 Å². The minimum atomic E-state index is -0.0687. The Kier molecular flexibility index (Phi) is 4.48. The monoisotopic (exact) mass is 329 g/mol. The molecular formula is C17H16ClN3O2. The third kappa shape index (κ3) is 3.46. The SMILES string of the molecule is COc1ccc(NC(=O)CCn2ncc3c(Cl)cccc32)cc1. The van der Waals surface area contributed by atoms with Crippen LogP contribution in [0.1, 0.15) is 6.42 Å². The average Bonchev–Trinajstić information content (AvgIpc) is 2.98. The van der Waals surface area contributed by atoms with Crippen LogP contribution in [0.2, 0.25) is 5.02 Å². The fraction of sp³-hybridized carbons (Fsp3) is 0.176. The van der Waals surface area contributed by atoms with Crippen LogP contribution in [0.15, 0.2) is 48.7 Å². The van der Waals surface area contributed by atoms with Gasteiger partial charge < -0.3 is 10.1 Å². The second-order valence-corrected chi connectivity index (χ2v) is 5.47. The van der Waals surface area contributed by atoms with E-state index in [2.05, 4.69) is 10.4 Å². The Morgan fingerprint density at radius 1 is 1.26 bits per heavy atom. The number of fused-ring (bicyclic) bond motifs is 1. The van der Waals surface area contributed by atoms with Crippen LogP contribution in [0.3, 0.4) is 0 Å². The van der Waals surface area contributed by atoms with E-state index in [0.717, 1.165) is 22.3 Å². The number of ether oxygens (including phenoxy) is 1. The van der Waals surface area contributed by atoms with Gasteiger partial charge in [0.15, 0.2) is 0 Å². The first-order valence-electron chi connectivity index (χ1n) is 7.21. The molecule has 0 saturated carbocycles. The molecule has 1 N–H and O–H groups in total. The second-order valence-electron chi connectivity index (χ2n) is 5.07. The molecular weight excluding hydrogens is 314 g/mol. The summed E-state index contributed by atoms with van der Waals surface area (Å²) >= 11 is 6.12. The Hall–Kier alpha value is -2.53. The molecule has 5 nitrogen and oxygen atoms in total. The summed E-state index contributed by atoms with van der Waals surface area (Å²) in [5.74, 6) is 0.684. The molecule has 3 aromatic rings. The average molecular weight is 330 g/mol. The highest BCUT2D eigenvalue weighted by Crippen LogP contribution is 2.23. The number of benzene rings is 2. The molecule has 2 aromatic carbocycles. The number of carbonyl (C=O) groups excluding carboxylic acids is 1. The van der Waals surface area contributed by atoms with Crippen LogP contribution in [0.4, 0.5) is 5.69 Å². The van der Waals surface area contributed by atoms with Crippen molar-refractivity contribution in [2.24, 2.45) is 0 Å². The van der Waals surface area contributed by atoms with Crippen LogP contribution in [0, 0.1) is 0 Å². The van der Waals surface area contributed by atoms with E-state index in [-0.39, 0.29) is 5.91 Å². The van der Waals surface area contributed by atoms with E-state index >= 15 is 0 Å². The number of carbonyl (C=O) groups is 1. The van der Waals surface area contributed by atoms with Gasteiger partial charge in [0.05, 0.1) is 30.4 Å². The molecule has 1 aromatic heterocycles. The molecule has 0 radical (unpaired) electrons. The van der Waals surface area contributed by atoms with E-state index in [1.165, 1.54) is 0 Å². The predicted molar refractivity (Wildman–Crippen MR) is 91.0 cm³/mol. The maximum atomic E-state index is 12.1. The third-order valence-corrected chi connectivity index (χ3v) is 3.89. The lowest BCUT2D eigenvalue weighted by molar-refractivity contribution is -0.116. The largest absolute Gasteiger partial charge is 0.497 e. The van der Waals surface area contributed by atoms with Crippen LogP contribution in [-0.4, -0.2) is 22.8 Å². The molecule has 0 aliphatic heterocycles. The number of nitrogens with zero attached hydrogens (tertiary/aromatic N) is 2. The first kappa shape index (κ1) is 15.4. The first-order valence-corrected chi connectivity index (χ1v) is 7.59. The number of amides is 1. The van der Waals surface area contributed by atoms with Crippen molar-refractivity contribution < 1.29 is 9.53 Å². The highest BCUT2D eigenvalue weighted by atomic mass is 35.5. The Morgan fingerprint density at radius 3 is 2.78 bits per heavy atom. The van der Waals surface area contributed by atoms with Crippen molar-refractivity contribution in [1.29, 1.82) is 0 Å². The summed E-state index contributed by atoms with van der Waals surface area (Å²) in [7, 11) is 1.61. The van der Waals surface area contributed by atoms with Gasteiger partial charge in [-0.1, -0.05) is 17.7 Å². The predicted octanol–water partition coefficient (Wildman–Crippen LogP) is 3.73. The normalized spacial score (nSPS) is 10.7. The minimum absolute atomic E-state index is 0.0687. The number of nitrogens with one attached hydrogen (secondary N) is 1. The lowest BCUT2D eigenvalue weighted by Crippen LogP contribution is -2.14. The van der Waals surface area contributed by atoms with Crippen molar-refractivity contribution in [3.8, 4) is 5.75 Å². The van der Waals surface area contributed by atoms with Crippen molar-refractivity contribution in [3.05, 3.63) is 53.7 Å². The Bertz CT molecular complexity index is 827. The molecule has 0 aliphatic rings. The van der Waals surface area contributed by atoms with Gasteiger partial charge in [0.1, 0.15) is 5.75 Å². The van der Waals surface area contributed by atoms with Gasteiger partial charge in [0.25, 0.3) is 0 Å². The topological polar surface area (TPSA) is 56.1 Å². The van der Waals surface area contributed by atoms with Crippen molar-refractivity contribution in [2.45, 2.75) is 13.0 Å². The quantitative estimate of drug-likeness (QED) is 0.776. The number of rotatable bonds is 5. The molecule has 3 rings (SSSR count). The smallest absolute Gasteiger partial charge is 0.226 e. The molecule has 0 saturated heterocycles. The zero-order valence-corrected chi connectivity index (χ0v) is 13.4. The van der Waals surface area contributed by atoms with Gasteiger partial charge in [-0.2, -0.15) is 5.10 Å². The Labute approximate surface area is 138 Å². The number of halogens is 1. The lowest BCUT2D eigenvalue weighted by atomic mass is 10.2. The molecule has 6 heteroatoms. The van der Waals surface area contributed by atoms with Crippen molar-refractivity contribution in [2.75, 3.05) is 12.4 Å². The van der Waals surface area contributed by atoms with E-state index in [4.69, 9.17) is 16.3 Å². The van der Waals surface area contributed by atoms with Crippen molar-refractivity contribution in [3.63, 3.8) is 0 Å². The number of hydrogen-bond acceptors (Lipinski definition) is 3. The van der Waals surface area contributed by atoms with Gasteiger partial charge in [0, 0.05) is 17.5 Å². The lowest BCUT2D eigenvalue weighted by Gasteiger charge is -2.07. The van der Waals surface area contributed by atoms with E-state index < -0.39 is 0 Å². The van der Waals surface area contributed by atoms with Gasteiger partial charge in [-0.05, 0) is 36.4 Å². The Balaban J connectivity index is 1.62. The molecule has 0 unspecified atom stereocenters. The zero-order valence-electron chi connectivity index (χ0n) is 12.6. The Morgan fingerprint density at radius 2 is 2.04 bits per heavy atom. The van der Waals surface area contributed by atoms with E-state index in [1.54, 1.807) is 42.3 Å². The summed E-state index contributed by atoms with van der Waals surface area (Å²) in [5, 5.41) is 8.70. The fourth-order valence-electron chi connectivity index (χ4n) is 2.35. The maximum absolute atomic E-state index is 12.1. The molecule has 23 heavy (non-hydrogen) atoms. The molecule has 0 aliphatic carbocycles. The van der Waals surface area contributed by atoms with Crippen LogP contribution in [-0.2, 0) is 11.3 Å². The molecule has 0 spiro atoms. The summed E-state index contributed by atoms with van der Waals surface area (Å²) in [6, 6.07) is 12.9. The van der Waals surface area contributed by atoms with Crippen LogP contribution >= 0.6 is 11.6 Å².